The molecule has 0 bridgehead atoms. The molecule has 3 N–H and O–H groups in total. The van der Waals surface area contributed by atoms with E-state index in [0.717, 1.165) is 6.42 Å². The Kier molecular flexibility index (Phi) is 4.80. The molecule has 0 amide bonds. The summed E-state index contributed by atoms with van der Waals surface area (Å²) in [5, 5.41) is 4.39. The van der Waals surface area contributed by atoms with E-state index in [-0.39, 0.29) is 10.7 Å². The molecule has 0 unspecified atom stereocenters. The summed E-state index contributed by atoms with van der Waals surface area (Å²) in [6.07, 6.45) is 2.25. The van der Waals surface area contributed by atoms with Crippen LogP contribution in [0.4, 0.5) is 11.5 Å². The van der Waals surface area contributed by atoms with E-state index in [2.05, 4.69) is 25.8 Å². The molecule has 21 heavy (non-hydrogen) atoms. The topological polar surface area (TPSA) is 90.0 Å². The maximum Gasteiger partial charge on any atom is 0.267 e. The summed E-state index contributed by atoms with van der Waals surface area (Å²) >= 11 is 9.19. The van der Waals surface area contributed by atoms with Gasteiger partial charge in [-0.3, -0.25) is 9.40 Å². The average Bonchev–Trinajstić information content (AvgIpc) is 2.76. The molecule has 114 valence electrons. The molecule has 0 spiro atoms. The van der Waals surface area contributed by atoms with Crippen molar-refractivity contribution in [2.45, 2.75) is 24.8 Å². The molecule has 0 saturated carbocycles. The first-order valence-electron chi connectivity index (χ1n) is 6.14. The van der Waals surface area contributed by atoms with Crippen LogP contribution >= 0.6 is 27.5 Å². The molecule has 0 atom stereocenters. The summed E-state index contributed by atoms with van der Waals surface area (Å²) < 4.78 is 29.3. The standard InChI is InChI=1S/C12H14BrClN4O2S/c1-2-5-18-7-11(12(15)16-18)21(19,20)17-8-3-4-9(13)10(14)6-8/h3-4,6-7,17H,2,5H2,1H3,(H2,15,16). The lowest BCUT2D eigenvalue weighted by Gasteiger charge is -2.07. The van der Waals surface area contributed by atoms with Crippen LogP contribution in [0.3, 0.4) is 0 Å². The van der Waals surface area contributed by atoms with Crippen LogP contribution in [-0.2, 0) is 16.6 Å². The molecule has 0 saturated heterocycles. The first-order chi connectivity index (χ1) is 9.83. The van der Waals surface area contributed by atoms with Gasteiger partial charge in [-0.2, -0.15) is 5.10 Å². The average molecular weight is 394 g/mol. The van der Waals surface area contributed by atoms with Gasteiger partial charge in [0.1, 0.15) is 4.90 Å². The highest BCUT2D eigenvalue weighted by Gasteiger charge is 2.21. The summed E-state index contributed by atoms with van der Waals surface area (Å²) in [6, 6.07) is 4.76. The fraction of sp³-hybridized carbons (Fsp3) is 0.250. The summed E-state index contributed by atoms with van der Waals surface area (Å²) in [7, 11) is -3.80. The number of nitrogens with two attached hydrogens (primary N) is 1. The van der Waals surface area contributed by atoms with Gasteiger partial charge in [0.15, 0.2) is 5.82 Å². The number of aryl methyl sites for hydroxylation is 1. The minimum atomic E-state index is -3.80. The van der Waals surface area contributed by atoms with Crippen LogP contribution in [0.5, 0.6) is 0 Å². The zero-order chi connectivity index (χ0) is 15.6. The van der Waals surface area contributed by atoms with Gasteiger partial charge in [-0.05, 0) is 40.5 Å². The third kappa shape index (κ3) is 3.69. The van der Waals surface area contributed by atoms with Crippen molar-refractivity contribution in [3.8, 4) is 0 Å². The third-order valence-electron chi connectivity index (χ3n) is 2.67. The number of sulfonamides is 1. The number of aromatic nitrogens is 2. The van der Waals surface area contributed by atoms with Gasteiger partial charge in [-0.25, -0.2) is 8.42 Å². The van der Waals surface area contributed by atoms with Gasteiger partial charge in [-0.15, -0.1) is 0 Å². The predicted octanol–water partition coefficient (Wildman–Crippen LogP) is 3.09. The van der Waals surface area contributed by atoms with Crippen molar-refractivity contribution in [1.82, 2.24) is 9.78 Å². The second-order valence-corrected chi connectivity index (χ2v) is 7.29. The van der Waals surface area contributed by atoms with Crippen LogP contribution in [0, 0.1) is 0 Å². The van der Waals surface area contributed by atoms with E-state index in [9.17, 15) is 8.42 Å². The Bertz CT molecular complexity index is 761. The summed E-state index contributed by atoms with van der Waals surface area (Å²) in [5.41, 5.74) is 6.03. The molecule has 6 nitrogen and oxygen atoms in total. The van der Waals surface area contributed by atoms with Crippen molar-refractivity contribution in [2.75, 3.05) is 10.5 Å². The first kappa shape index (κ1) is 16.1. The van der Waals surface area contributed by atoms with E-state index in [0.29, 0.717) is 21.7 Å². The molecule has 9 heteroatoms. The molecule has 0 aliphatic rings. The van der Waals surface area contributed by atoms with Gasteiger partial charge in [0.2, 0.25) is 0 Å². The number of nitrogens with zero attached hydrogens (tertiary/aromatic N) is 2. The quantitative estimate of drug-likeness (QED) is 0.816. The van der Waals surface area contributed by atoms with E-state index in [4.69, 9.17) is 17.3 Å². The van der Waals surface area contributed by atoms with Crippen molar-refractivity contribution in [1.29, 1.82) is 0 Å². The first-order valence-corrected chi connectivity index (χ1v) is 8.79. The Morgan fingerprint density at radius 3 is 2.81 bits per heavy atom. The molecule has 1 aromatic carbocycles. The fourth-order valence-corrected chi connectivity index (χ4v) is 3.29. The Morgan fingerprint density at radius 1 is 1.48 bits per heavy atom. The lowest BCUT2D eigenvalue weighted by molar-refractivity contribution is 0.595. The molecule has 2 rings (SSSR count). The van der Waals surface area contributed by atoms with E-state index < -0.39 is 10.0 Å². The molecule has 1 aromatic heterocycles. The van der Waals surface area contributed by atoms with Gasteiger partial charge < -0.3 is 5.73 Å². The second kappa shape index (κ2) is 6.25. The lowest BCUT2D eigenvalue weighted by atomic mass is 10.3. The van der Waals surface area contributed by atoms with Gasteiger partial charge in [0.25, 0.3) is 10.0 Å². The number of rotatable bonds is 5. The molecule has 0 radical (unpaired) electrons. The largest absolute Gasteiger partial charge is 0.381 e. The molecule has 0 aliphatic carbocycles. The maximum atomic E-state index is 12.3. The molecule has 0 aliphatic heterocycles. The third-order valence-corrected chi connectivity index (χ3v) is 5.30. The van der Waals surface area contributed by atoms with Crippen LogP contribution in [0.25, 0.3) is 0 Å². The molecule has 2 aromatic rings. The van der Waals surface area contributed by atoms with Gasteiger partial charge >= 0.3 is 0 Å². The highest BCUT2D eigenvalue weighted by Crippen LogP contribution is 2.27. The normalized spacial score (nSPS) is 11.6. The Balaban J connectivity index is 2.31. The number of anilines is 2. The van der Waals surface area contributed by atoms with Crippen LogP contribution < -0.4 is 10.5 Å². The van der Waals surface area contributed by atoms with Crippen LogP contribution in [-0.4, -0.2) is 18.2 Å². The van der Waals surface area contributed by atoms with Gasteiger partial charge in [0.05, 0.1) is 10.7 Å². The SMILES string of the molecule is CCCn1cc(S(=O)(=O)Nc2ccc(Br)c(Cl)c2)c(N)n1. The number of nitrogens with one attached hydrogen (secondary N) is 1. The number of hydrogen-bond acceptors (Lipinski definition) is 4. The number of benzene rings is 1. The number of halogens is 2. The molecule has 0 fully saturated rings. The monoisotopic (exact) mass is 392 g/mol. The fourth-order valence-electron chi connectivity index (χ4n) is 1.74. The zero-order valence-corrected chi connectivity index (χ0v) is 14.3. The van der Waals surface area contributed by atoms with Crippen LogP contribution in [0.2, 0.25) is 5.02 Å². The minimum Gasteiger partial charge on any atom is -0.381 e. The van der Waals surface area contributed by atoms with Crippen molar-refractivity contribution in [3.05, 3.63) is 33.9 Å². The highest BCUT2D eigenvalue weighted by molar-refractivity contribution is 9.10. The van der Waals surface area contributed by atoms with Crippen molar-refractivity contribution < 1.29 is 8.42 Å². The Labute approximate surface area is 136 Å². The smallest absolute Gasteiger partial charge is 0.267 e. The molecular weight excluding hydrogens is 380 g/mol. The van der Waals surface area contributed by atoms with Crippen LogP contribution in [0.1, 0.15) is 13.3 Å². The van der Waals surface area contributed by atoms with E-state index in [1.54, 1.807) is 12.1 Å². The molecular formula is C12H14BrClN4O2S. The Morgan fingerprint density at radius 2 is 2.19 bits per heavy atom. The van der Waals surface area contributed by atoms with Crippen molar-refractivity contribution in [3.63, 3.8) is 0 Å². The molecule has 1 heterocycles. The number of hydrogen-bond donors (Lipinski definition) is 2. The van der Waals surface area contributed by atoms with E-state index in [1.807, 2.05) is 6.92 Å². The van der Waals surface area contributed by atoms with Crippen molar-refractivity contribution in [2.24, 2.45) is 0 Å². The van der Waals surface area contributed by atoms with Crippen LogP contribution in [0.15, 0.2) is 33.8 Å². The highest BCUT2D eigenvalue weighted by atomic mass is 79.9. The van der Waals surface area contributed by atoms with Gasteiger partial charge in [0, 0.05) is 17.2 Å². The summed E-state index contributed by atoms with van der Waals surface area (Å²) in [6.45, 7) is 2.57. The van der Waals surface area contributed by atoms with Crippen molar-refractivity contribution >= 4 is 49.1 Å². The van der Waals surface area contributed by atoms with E-state index >= 15 is 0 Å². The maximum absolute atomic E-state index is 12.3. The lowest BCUT2D eigenvalue weighted by Crippen LogP contribution is -2.13. The second-order valence-electron chi connectivity index (χ2n) is 4.38. The van der Waals surface area contributed by atoms with E-state index in [1.165, 1.54) is 16.9 Å². The zero-order valence-electron chi connectivity index (χ0n) is 11.2. The minimum absolute atomic E-state index is 0.0286. The Hall–Kier alpha value is -1.25. The predicted molar refractivity (Wildman–Crippen MR) is 86.9 cm³/mol. The summed E-state index contributed by atoms with van der Waals surface area (Å²) in [5.74, 6) is -0.0286. The summed E-state index contributed by atoms with van der Waals surface area (Å²) in [4.78, 5) is -0.0463. The van der Waals surface area contributed by atoms with Gasteiger partial charge in [-0.1, -0.05) is 18.5 Å². The number of nitrogen functional groups attached to an aromatic ring is 1.